The molecule has 0 saturated carbocycles. The zero-order valence-electron chi connectivity index (χ0n) is 18.2. The number of thiazole rings is 1. The highest BCUT2D eigenvalue weighted by atomic mass is 35.5. The maximum Gasteiger partial charge on any atom is 0.322 e. The van der Waals surface area contributed by atoms with Crippen LogP contribution in [0.15, 0.2) is 47.2 Å². The van der Waals surface area contributed by atoms with Crippen molar-refractivity contribution in [2.45, 2.75) is 49.9 Å². The molecule has 0 amide bonds. The normalized spacial score (nSPS) is 25.8. The summed E-state index contributed by atoms with van der Waals surface area (Å²) in [7, 11) is 0. The Morgan fingerprint density at radius 1 is 1.26 bits per heavy atom. The average molecular weight is 509 g/mol. The molecule has 11 heteroatoms. The number of carbonyl (C=O) groups is 1. The number of aliphatic hydroxyl groups is 3. The third-order valence-electron chi connectivity index (χ3n) is 5.53. The van der Waals surface area contributed by atoms with Crippen LogP contribution in [-0.2, 0) is 20.7 Å². The van der Waals surface area contributed by atoms with Gasteiger partial charge in [-0.05, 0) is 36.2 Å². The van der Waals surface area contributed by atoms with E-state index in [-0.39, 0.29) is 6.61 Å². The summed E-state index contributed by atoms with van der Waals surface area (Å²) in [5.41, 5.74) is 6.78. The predicted octanol–water partition coefficient (Wildman–Crippen LogP) is 2.06. The van der Waals surface area contributed by atoms with Gasteiger partial charge >= 0.3 is 5.97 Å². The molecule has 1 aromatic carbocycles. The monoisotopic (exact) mass is 508 g/mol. The number of esters is 1. The first-order valence-electron chi connectivity index (χ1n) is 10.6. The third-order valence-corrected chi connectivity index (χ3v) is 6.91. The predicted molar refractivity (Wildman–Crippen MR) is 124 cm³/mol. The molecule has 1 aliphatic rings. The van der Waals surface area contributed by atoms with Gasteiger partial charge in [-0.1, -0.05) is 23.7 Å². The Hall–Kier alpha value is -2.31. The number of carbonyl (C=O) groups excluding carboxylic acids is 1. The van der Waals surface area contributed by atoms with Crippen LogP contribution in [0.4, 0.5) is 0 Å². The van der Waals surface area contributed by atoms with Crippen LogP contribution in [0.3, 0.4) is 0 Å². The maximum atomic E-state index is 11.7. The van der Waals surface area contributed by atoms with Gasteiger partial charge in [0.15, 0.2) is 0 Å². The molecular formula is C23H25ClN2O7S. The van der Waals surface area contributed by atoms with Crippen LogP contribution >= 0.6 is 22.9 Å². The molecule has 0 aliphatic carbocycles. The van der Waals surface area contributed by atoms with Gasteiger partial charge < -0.3 is 34.9 Å². The second-order valence-corrected chi connectivity index (χ2v) is 9.63. The van der Waals surface area contributed by atoms with Gasteiger partial charge in [-0.2, -0.15) is 0 Å². The topological polar surface area (TPSA) is 148 Å². The molecule has 1 saturated heterocycles. The molecule has 5 N–H and O–H groups in total. The number of nitrogens with two attached hydrogens (primary N) is 1. The van der Waals surface area contributed by atoms with E-state index in [0.29, 0.717) is 17.0 Å². The molecule has 6 atom stereocenters. The van der Waals surface area contributed by atoms with Crippen molar-refractivity contribution < 1.29 is 34.0 Å². The molecule has 34 heavy (non-hydrogen) atoms. The van der Waals surface area contributed by atoms with Gasteiger partial charge in [0.2, 0.25) is 0 Å². The quantitative estimate of drug-likeness (QED) is 0.352. The molecular weight excluding hydrogens is 484 g/mol. The van der Waals surface area contributed by atoms with Gasteiger partial charge in [-0.15, -0.1) is 11.3 Å². The van der Waals surface area contributed by atoms with E-state index < -0.39 is 42.5 Å². The zero-order chi connectivity index (χ0) is 24.4. The smallest absolute Gasteiger partial charge is 0.322 e. The number of aliphatic hydroxyl groups excluding tert-OH is 3. The standard InChI is InChI=1S/C23H25ClN2O7S/c1-11(25)23(30)32-10-16-19(27)20(28)21(29)22(33-16)12-4-5-14(24)13(7-12)8-18-26-9-17(34-18)15-3-2-6-31-15/h2-7,9,11,16,19-22,27-29H,8,10,25H2,1H3/t11-,16+,19+,20-,21+,22-/m0/s1. The Labute approximate surface area is 204 Å². The summed E-state index contributed by atoms with van der Waals surface area (Å²) in [5.74, 6) is 0.0600. The summed E-state index contributed by atoms with van der Waals surface area (Å²) < 4.78 is 16.3. The minimum Gasteiger partial charge on any atom is -0.463 e. The van der Waals surface area contributed by atoms with Crippen molar-refractivity contribution in [2.75, 3.05) is 6.61 Å². The van der Waals surface area contributed by atoms with E-state index in [2.05, 4.69) is 4.98 Å². The van der Waals surface area contributed by atoms with E-state index in [1.807, 2.05) is 6.07 Å². The fraction of sp³-hybridized carbons (Fsp3) is 0.391. The SMILES string of the molecule is C[C@H](N)C(=O)OC[C@H]1O[C@@H](c2ccc(Cl)c(Cc3ncc(-c4ccco4)s3)c2)[C@H](O)[C@@H](O)[C@@H]1O. The molecule has 4 rings (SSSR count). The van der Waals surface area contributed by atoms with E-state index in [1.54, 1.807) is 36.7 Å². The summed E-state index contributed by atoms with van der Waals surface area (Å²) in [4.78, 5) is 17.0. The Balaban J connectivity index is 1.52. The summed E-state index contributed by atoms with van der Waals surface area (Å²) >= 11 is 7.89. The lowest BCUT2D eigenvalue weighted by Gasteiger charge is -2.40. The zero-order valence-corrected chi connectivity index (χ0v) is 19.8. The second-order valence-electron chi connectivity index (χ2n) is 8.11. The highest BCUT2D eigenvalue weighted by Crippen LogP contribution is 2.35. The number of nitrogens with zero attached hydrogens (tertiary/aromatic N) is 1. The Kier molecular flexibility index (Phi) is 7.68. The Morgan fingerprint density at radius 2 is 2.06 bits per heavy atom. The van der Waals surface area contributed by atoms with E-state index in [1.165, 1.54) is 18.3 Å². The number of ether oxygens (including phenoxy) is 2. The first-order valence-corrected chi connectivity index (χ1v) is 11.8. The van der Waals surface area contributed by atoms with Gasteiger partial charge in [-0.3, -0.25) is 4.79 Å². The average Bonchev–Trinajstić information content (AvgIpc) is 3.50. The van der Waals surface area contributed by atoms with Gasteiger partial charge in [0, 0.05) is 17.6 Å². The van der Waals surface area contributed by atoms with Gasteiger partial charge in [0.25, 0.3) is 0 Å². The van der Waals surface area contributed by atoms with Crippen LogP contribution < -0.4 is 5.73 Å². The van der Waals surface area contributed by atoms with Crippen LogP contribution in [0.5, 0.6) is 0 Å². The summed E-state index contributed by atoms with van der Waals surface area (Å²) in [5, 5.41) is 32.6. The fourth-order valence-corrected chi connectivity index (χ4v) is 4.75. The molecule has 0 bridgehead atoms. The van der Waals surface area contributed by atoms with Crippen LogP contribution in [0, 0.1) is 0 Å². The number of halogens is 1. The Morgan fingerprint density at radius 3 is 2.76 bits per heavy atom. The molecule has 3 heterocycles. The van der Waals surface area contributed by atoms with Gasteiger partial charge in [0.05, 0.1) is 16.1 Å². The number of furan rings is 1. The van der Waals surface area contributed by atoms with Gasteiger partial charge in [0.1, 0.15) is 48.9 Å². The fourth-order valence-electron chi connectivity index (χ4n) is 3.65. The van der Waals surface area contributed by atoms with E-state index in [4.69, 9.17) is 31.2 Å². The number of aromatic nitrogens is 1. The maximum absolute atomic E-state index is 11.7. The minimum atomic E-state index is -1.51. The molecule has 3 aromatic rings. The molecule has 0 spiro atoms. The summed E-state index contributed by atoms with van der Waals surface area (Å²) in [6.07, 6.45) is -2.64. The first-order chi connectivity index (χ1) is 16.2. The highest BCUT2D eigenvalue weighted by Gasteiger charge is 2.44. The lowest BCUT2D eigenvalue weighted by atomic mass is 9.90. The largest absolute Gasteiger partial charge is 0.463 e. The summed E-state index contributed by atoms with van der Waals surface area (Å²) in [6.45, 7) is 1.15. The lowest BCUT2D eigenvalue weighted by molar-refractivity contribution is -0.234. The Bertz CT molecular complexity index is 1120. The van der Waals surface area contributed by atoms with Crippen molar-refractivity contribution in [1.29, 1.82) is 0 Å². The summed E-state index contributed by atoms with van der Waals surface area (Å²) in [6, 6.07) is 7.93. The minimum absolute atomic E-state index is 0.322. The van der Waals surface area contributed by atoms with Crippen molar-refractivity contribution in [3.05, 3.63) is 63.9 Å². The van der Waals surface area contributed by atoms with Crippen LogP contribution in [0.2, 0.25) is 5.02 Å². The molecule has 2 aromatic heterocycles. The van der Waals surface area contributed by atoms with Crippen molar-refractivity contribution in [3.63, 3.8) is 0 Å². The van der Waals surface area contributed by atoms with Crippen LogP contribution in [0.1, 0.15) is 29.2 Å². The number of hydrogen-bond acceptors (Lipinski definition) is 10. The van der Waals surface area contributed by atoms with E-state index in [0.717, 1.165) is 21.2 Å². The molecule has 182 valence electrons. The second kappa shape index (κ2) is 10.5. The van der Waals surface area contributed by atoms with Crippen LogP contribution in [-0.4, -0.2) is 63.3 Å². The highest BCUT2D eigenvalue weighted by molar-refractivity contribution is 7.15. The molecule has 1 aliphatic heterocycles. The number of rotatable bonds is 7. The number of benzene rings is 1. The molecule has 0 radical (unpaired) electrons. The van der Waals surface area contributed by atoms with E-state index >= 15 is 0 Å². The van der Waals surface area contributed by atoms with Crippen molar-refractivity contribution in [1.82, 2.24) is 4.98 Å². The van der Waals surface area contributed by atoms with Crippen molar-refractivity contribution in [2.24, 2.45) is 5.73 Å². The molecule has 9 nitrogen and oxygen atoms in total. The van der Waals surface area contributed by atoms with Crippen molar-refractivity contribution in [3.8, 4) is 10.6 Å². The van der Waals surface area contributed by atoms with E-state index in [9.17, 15) is 20.1 Å². The van der Waals surface area contributed by atoms with Crippen LogP contribution in [0.25, 0.3) is 10.6 Å². The third kappa shape index (κ3) is 5.33. The first kappa shape index (κ1) is 24.8. The molecule has 0 unspecified atom stereocenters. The van der Waals surface area contributed by atoms with Crippen molar-refractivity contribution >= 4 is 28.9 Å². The lowest BCUT2D eigenvalue weighted by Crippen LogP contribution is -2.55. The molecule has 1 fully saturated rings. The van der Waals surface area contributed by atoms with Gasteiger partial charge in [-0.25, -0.2) is 4.98 Å². The number of hydrogen-bond donors (Lipinski definition) is 4.